The Hall–Kier alpha value is -1.77. The van der Waals surface area contributed by atoms with Crippen LogP contribution in [-0.2, 0) is 0 Å². The topological polar surface area (TPSA) is 41.6 Å². The maximum atomic E-state index is 5.78. The lowest BCUT2D eigenvalue weighted by Crippen LogP contribution is -2.39. The van der Waals surface area contributed by atoms with Crippen molar-refractivity contribution in [3.05, 3.63) is 42.0 Å². The van der Waals surface area contributed by atoms with Crippen molar-refractivity contribution < 1.29 is 0 Å². The quantitative estimate of drug-likeness (QED) is 0.572. The van der Waals surface area contributed by atoms with E-state index in [0.29, 0.717) is 5.96 Å². The molecule has 0 saturated carbocycles. The number of hydrogen-bond acceptors (Lipinski definition) is 1. The fourth-order valence-electron chi connectivity index (χ4n) is 1.93. The predicted molar refractivity (Wildman–Crippen MR) is 68.2 cm³/mol. The Morgan fingerprint density at radius 2 is 2.06 bits per heavy atom. The number of rotatable bonds is 1. The van der Waals surface area contributed by atoms with Crippen LogP contribution in [0.4, 0.5) is 0 Å². The van der Waals surface area contributed by atoms with Crippen LogP contribution in [0.2, 0.25) is 0 Å². The van der Waals surface area contributed by atoms with Crippen LogP contribution in [0.25, 0.3) is 5.57 Å². The second-order valence-corrected chi connectivity index (χ2v) is 3.87. The summed E-state index contributed by atoms with van der Waals surface area (Å²) in [5.74, 6) is 0.628. The summed E-state index contributed by atoms with van der Waals surface area (Å²) < 4.78 is 0. The molecule has 1 aliphatic heterocycles. The van der Waals surface area contributed by atoms with Crippen LogP contribution < -0.4 is 5.73 Å². The van der Waals surface area contributed by atoms with Crippen molar-refractivity contribution in [1.29, 1.82) is 0 Å². The molecule has 1 aromatic rings. The number of guanidine groups is 1. The molecule has 1 aromatic carbocycles. The Balaban J connectivity index is 2.10. The lowest BCUT2D eigenvalue weighted by Gasteiger charge is -2.27. The predicted octanol–water partition coefficient (Wildman–Crippen LogP) is 1.72. The monoisotopic (exact) mass is 215 g/mol. The van der Waals surface area contributed by atoms with Gasteiger partial charge in [0.2, 0.25) is 0 Å². The molecule has 3 heteroatoms. The van der Waals surface area contributed by atoms with Gasteiger partial charge in [0.1, 0.15) is 0 Å². The largest absolute Gasteiger partial charge is 0.370 e. The van der Waals surface area contributed by atoms with Crippen molar-refractivity contribution in [3.8, 4) is 0 Å². The first-order chi connectivity index (χ1) is 7.81. The van der Waals surface area contributed by atoms with Gasteiger partial charge in [-0.1, -0.05) is 36.4 Å². The molecule has 0 bridgehead atoms. The number of aliphatic imine (C=N–C) groups is 1. The molecule has 0 aliphatic carbocycles. The summed E-state index contributed by atoms with van der Waals surface area (Å²) in [7, 11) is 1.73. The van der Waals surface area contributed by atoms with Crippen LogP contribution in [0.5, 0.6) is 0 Å². The van der Waals surface area contributed by atoms with Gasteiger partial charge in [-0.3, -0.25) is 4.99 Å². The molecule has 0 unspecified atom stereocenters. The molecule has 0 atom stereocenters. The summed E-state index contributed by atoms with van der Waals surface area (Å²) in [6, 6.07) is 10.5. The van der Waals surface area contributed by atoms with Gasteiger partial charge in [-0.2, -0.15) is 0 Å². The Morgan fingerprint density at radius 1 is 1.31 bits per heavy atom. The molecule has 0 spiro atoms. The summed E-state index contributed by atoms with van der Waals surface area (Å²) in [5.41, 5.74) is 8.50. The van der Waals surface area contributed by atoms with Crippen LogP contribution >= 0.6 is 0 Å². The molecule has 0 saturated heterocycles. The number of hydrogen-bond donors (Lipinski definition) is 1. The molecule has 2 rings (SSSR count). The van der Waals surface area contributed by atoms with Crippen LogP contribution in [0.3, 0.4) is 0 Å². The Kier molecular flexibility index (Phi) is 3.25. The second kappa shape index (κ2) is 4.84. The first-order valence-electron chi connectivity index (χ1n) is 5.53. The number of nitrogens with zero attached hydrogens (tertiary/aromatic N) is 2. The molecule has 2 N–H and O–H groups in total. The molecular formula is C13H17N3. The van der Waals surface area contributed by atoms with Gasteiger partial charge in [-0.15, -0.1) is 0 Å². The highest BCUT2D eigenvalue weighted by atomic mass is 15.2. The first-order valence-corrected chi connectivity index (χ1v) is 5.53. The van der Waals surface area contributed by atoms with E-state index >= 15 is 0 Å². The van der Waals surface area contributed by atoms with Gasteiger partial charge in [0.05, 0.1) is 0 Å². The molecule has 0 amide bonds. The molecule has 0 fully saturated rings. The maximum Gasteiger partial charge on any atom is 0.191 e. The van der Waals surface area contributed by atoms with Crippen LogP contribution in [0.1, 0.15) is 12.0 Å². The zero-order valence-electron chi connectivity index (χ0n) is 9.56. The summed E-state index contributed by atoms with van der Waals surface area (Å²) in [4.78, 5) is 6.09. The molecule has 0 aromatic heterocycles. The number of benzene rings is 1. The normalized spacial score (nSPS) is 17.2. The minimum absolute atomic E-state index is 0.628. The van der Waals surface area contributed by atoms with E-state index in [2.05, 4.69) is 40.2 Å². The van der Waals surface area contributed by atoms with Crippen LogP contribution in [0, 0.1) is 0 Å². The van der Waals surface area contributed by atoms with Crippen LogP contribution in [-0.4, -0.2) is 31.0 Å². The van der Waals surface area contributed by atoms with Crippen LogP contribution in [0.15, 0.2) is 41.4 Å². The van der Waals surface area contributed by atoms with Crippen molar-refractivity contribution in [2.45, 2.75) is 6.42 Å². The minimum atomic E-state index is 0.628. The average molecular weight is 215 g/mol. The third kappa shape index (κ3) is 2.24. The highest BCUT2D eigenvalue weighted by Gasteiger charge is 2.13. The highest BCUT2D eigenvalue weighted by Crippen LogP contribution is 2.21. The van der Waals surface area contributed by atoms with E-state index in [-0.39, 0.29) is 0 Å². The third-order valence-corrected chi connectivity index (χ3v) is 2.91. The highest BCUT2D eigenvalue weighted by molar-refractivity contribution is 5.79. The van der Waals surface area contributed by atoms with E-state index in [1.165, 1.54) is 11.1 Å². The Labute approximate surface area is 96.3 Å². The zero-order chi connectivity index (χ0) is 11.4. The van der Waals surface area contributed by atoms with Gasteiger partial charge in [-0.25, -0.2) is 0 Å². The van der Waals surface area contributed by atoms with E-state index in [0.717, 1.165) is 19.5 Å². The SMILES string of the molecule is CN=C(N)N1CC=C(c2ccccc2)CC1. The van der Waals surface area contributed by atoms with E-state index < -0.39 is 0 Å². The lowest BCUT2D eigenvalue weighted by atomic mass is 10.00. The van der Waals surface area contributed by atoms with Gasteiger partial charge >= 0.3 is 0 Å². The summed E-state index contributed by atoms with van der Waals surface area (Å²) >= 11 is 0. The van der Waals surface area contributed by atoms with Gasteiger partial charge in [0.25, 0.3) is 0 Å². The van der Waals surface area contributed by atoms with E-state index in [4.69, 9.17) is 5.73 Å². The van der Waals surface area contributed by atoms with Gasteiger partial charge in [0, 0.05) is 20.1 Å². The van der Waals surface area contributed by atoms with Crippen molar-refractivity contribution >= 4 is 11.5 Å². The lowest BCUT2D eigenvalue weighted by molar-refractivity contribution is 0.454. The molecule has 3 nitrogen and oxygen atoms in total. The van der Waals surface area contributed by atoms with E-state index in [1.807, 2.05) is 6.07 Å². The molecule has 1 aliphatic rings. The van der Waals surface area contributed by atoms with Gasteiger partial charge in [0.15, 0.2) is 5.96 Å². The molecule has 16 heavy (non-hydrogen) atoms. The first kappa shape index (κ1) is 10.7. The molecule has 84 valence electrons. The second-order valence-electron chi connectivity index (χ2n) is 3.87. The van der Waals surface area contributed by atoms with Crippen molar-refractivity contribution in [3.63, 3.8) is 0 Å². The Bertz CT molecular complexity index is 406. The van der Waals surface area contributed by atoms with Crippen molar-refractivity contribution in [2.24, 2.45) is 10.7 Å². The standard InChI is InChI=1S/C13H17N3/c1-15-13(14)16-9-7-12(8-10-16)11-5-3-2-4-6-11/h2-7H,8-10H2,1H3,(H2,14,15). The summed E-state index contributed by atoms with van der Waals surface area (Å²) in [6.07, 6.45) is 3.26. The minimum Gasteiger partial charge on any atom is -0.370 e. The van der Waals surface area contributed by atoms with Crippen molar-refractivity contribution in [1.82, 2.24) is 4.90 Å². The fraction of sp³-hybridized carbons (Fsp3) is 0.308. The molecule has 0 radical (unpaired) electrons. The third-order valence-electron chi connectivity index (χ3n) is 2.91. The fourth-order valence-corrected chi connectivity index (χ4v) is 1.93. The smallest absolute Gasteiger partial charge is 0.191 e. The summed E-state index contributed by atoms with van der Waals surface area (Å²) in [6.45, 7) is 1.80. The number of nitrogens with two attached hydrogens (primary N) is 1. The van der Waals surface area contributed by atoms with E-state index in [9.17, 15) is 0 Å². The maximum absolute atomic E-state index is 5.78. The molecular weight excluding hydrogens is 198 g/mol. The summed E-state index contributed by atoms with van der Waals surface area (Å²) in [5, 5.41) is 0. The van der Waals surface area contributed by atoms with Gasteiger partial charge in [-0.05, 0) is 17.6 Å². The zero-order valence-corrected chi connectivity index (χ0v) is 9.56. The average Bonchev–Trinajstić information content (AvgIpc) is 2.39. The van der Waals surface area contributed by atoms with Gasteiger partial charge < -0.3 is 10.6 Å². The molecule has 1 heterocycles. The Morgan fingerprint density at radius 3 is 2.62 bits per heavy atom. The van der Waals surface area contributed by atoms with Crippen molar-refractivity contribution in [2.75, 3.05) is 20.1 Å². The van der Waals surface area contributed by atoms with E-state index in [1.54, 1.807) is 7.05 Å².